The minimum absolute atomic E-state index is 0.695. The minimum Gasteiger partial charge on any atom is -0.323 e. The Morgan fingerprint density at radius 1 is 1.40 bits per heavy atom. The minimum atomic E-state index is -1.49. The Kier molecular flexibility index (Phi) is 3.98. The van der Waals surface area contributed by atoms with Crippen LogP contribution in [0.3, 0.4) is 0 Å². The van der Waals surface area contributed by atoms with Gasteiger partial charge in [-0.15, -0.1) is 0 Å². The summed E-state index contributed by atoms with van der Waals surface area (Å²) in [5, 5.41) is 0. The fourth-order valence-electron chi connectivity index (χ4n) is 0.289. The number of hydrogen-bond acceptors (Lipinski definition) is 3. The SMILES string of the molecule is C[Si](C)(C)ONC=CC=O. The van der Waals surface area contributed by atoms with E-state index in [4.69, 9.17) is 4.53 Å². The van der Waals surface area contributed by atoms with E-state index < -0.39 is 8.32 Å². The van der Waals surface area contributed by atoms with Gasteiger partial charge in [-0.1, -0.05) is 0 Å². The van der Waals surface area contributed by atoms with Gasteiger partial charge in [0.05, 0.1) is 0 Å². The molecule has 3 nitrogen and oxygen atoms in total. The lowest BCUT2D eigenvalue weighted by atomic mass is 10.7. The van der Waals surface area contributed by atoms with E-state index >= 15 is 0 Å². The Morgan fingerprint density at radius 2 is 2.00 bits per heavy atom. The van der Waals surface area contributed by atoms with Crippen molar-refractivity contribution < 1.29 is 9.32 Å². The molecule has 0 saturated carbocycles. The van der Waals surface area contributed by atoms with Gasteiger partial charge in [0.2, 0.25) is 8.32 Å². The molecule has 0 aliphatic rings. The third-order valence-corrected chi connectivity index (χ3v) is 1.34. The van der Waals surface area contributed by atoms with Gasteiger partial charge in [0.25, 0.3) is 0 Å². The van der Waals surface area contributed by atoms with Crippen LogP contribution in [0.2, 0.25) is 19.6 Å². The first-order valence-electron chi connectivity index (χ1n) is 3.10. The molecule has 0 fully saturated rings. The van der Waals surface area contributed by atoms with Gasteiger partial charge in [-0.2, -0.15) is 0 Å². The summed E-state index contributed by atoms with van der Waals surface area (Å²) in [6.07, 6.45) is 3.52. The monoisotopic (exact) mass is 159 g/mol. The van der Waals surface area contributed by atoms with Crippen LogP contribution in [0.4, 0.5) is 0 Å². The van der Waals surface area contributed by atoms with Crippen LogP contribution in [0.5, 0.6) is 0 Å². The van der Waals surface area contributed by atoms with Crippen LogP contribution in [0.1, 0.15) is 0 Å². The second-order valence-corrected chi connectivity index (χ2v) is 7.26. The predicted octanol–water partition coefficient (Wildman–Crippen LogP) is 1.06. The lowest BCUT2D eigenvalue weighted by Gasteiger charge is -2.14. The average molecular weight is 159 g/mol. The van der Waals surface area contributed by atoms with Gasteiger partial charge >= 0.3 is 0 Å². The van der Waals surface area contributed by atoms with Crippen molar-refractivity contribution in [3.8, 4) is 0 Å². The molecule has 0 radical (unpaired) electrons. The van der Waals surface area contributed by atoms with Gasteiger partial charge < -0.3 is 4.53 Å². The molecule has 1 N–H and O–H groups in total. The fraction of sp³-hybridized carbons (Fsp3) is 0.500. The number of aldehydes is 1. The van der Waals surface area contributed by atoms with Crippen LogP contribution in [-0.2, 0) is 9.32 Å². The third-order valence-electron chi connectivity index (χ3n) is 0.608. The fourth-order valence-corrected chi connectivity index (χ4v) is 0.711. The van der Waals surface area contributed by atoms with Gasteiger partial charge in [-0.05, 0) is 25.7 Å². The number of nitrogens with one attached hydrogen (secondary N) is 1. The maximum absolute atomic E-state index is 9.76. The summed E-state index contributed by atoms with van der Waals surface area (Å²) in [6.45, 7) is 6.15. The quantitative estimate of drug-likeness (QED) is 0.288. The molecule has 0 heterocycles. The number of rotatable bonds is 4. The van der Waals surface area contributed by atoms with E-state index in [0.29, 0.717) is 6.29 Å². The standard InChI is InChI=1S/C6H13NO2Si/c1-10(2,3)9-7-5-4-6-8/h4-7H,1-3H3. The van der Waals surface area contributed by atoms with E-state index in [-0.39, 0.29) is 0 Å². The van der Waals surface area contributed by atoms with Crippen LogP contribution in [0.25, 0.3) is 0 Å². The summed E-state index contributed by atoms with van der Waals surface area (Å²) in [5.41, 5.74) is 2.58. The van der Waals surface area contributed by atoms with E-state index in [9.17, 15) is 4.79 Å². The first kappa shape index (κ1) is 9.39. The Morgan fingerprint density at radius 3 is 2.40 bits per heavy atom. The number of carbonyl (C=O) groups is 1. The van der Waals surface area contributed by atoms with E-state index in [1.54, 1.807) is 0 Å². The molecule has 0 spiro atoms. The first-order chi connectivity index (χ1) is 4.56. The number of hydroxylamine groups is 1. The molecule has 0 unspecified atom stereocenters. The molecule has 0 atom stereocenters. The zero-order chi connectivity index (χ0) is 8.04. The van der Waals surface area contributed by atoms with Crippen molar-refractivity contribution in [3.05, 3.63) is 12.3 Å². The Labute approximate surface area is 62.2 Å². The zero-order valence-corrected chi connectivity index (χ0v) is 7.55. The summed E-state index contributed by atoms with van der Waals surface area (Å²) >= 11 is 0. The highest BCUT2D eigenvalue weighted by molar-refractivity contribution is 6.69. The number of carbonyl (C=O) groups excluding carboxylic acids is 1. The highest BCUT2D eigenvalue weighted by Crippen LogP contribution is 1.98. The van der Waals surface area contributed by atoms with Crippen LogP contribution < -0.4 is 5.48 Å². The zero-order valence-electron chi connectivity index (χ0n) is 6.55. The van der Waals surface area contributed by atoms with Crippen molar-refractivity contribution in [1.29, 1.82) is 0 Å². The van der Waals surface area contributed by atoms with E-state index in [1.165, 1.54) is 12.3 Å². The molecule has 0 rings (SSSR count). The molecule has 0 saturated heterocycles. The summed E-state index contributed by atoms with van der Waals surface area (Å²) in [4.78, 5) is 9.76. The van der Waals surface area contributed by atoms with Crippen molar-refractivity contribution in [3.63, 3.8) is 0 Å². The summed E-state index contributed by atoms with van der Waals surface area (Å²) in [6, 6.07) is 0. The smallest absolute Gasteiger partial charge is 0.220 e. The van der Waals surface area contributed by atoms with E-state index in [0.717, 1.165) is 0 Å². The highest BCUT2D eigenvalue weighted by Gasteiger charge is 2.13. The van der Waals surface area contributed by atoms with Crippen molar-refractivity contribution >= 4 is 14.6 Å². The predicted molar refractivity (Wildman–Crippen MR) is 42.8 cm³/mol. The van der Waals surface area contributed by atoms with Gasteiger partial charge in [-0.3, -0.25) is 10.3 Å². The normalized spacial score (nSPS) is 11.9. The molecular weight excluding hydrogens is 146 g/mol. The van der Waals surface area contributed by atoms with Gasteiger partial charge in [-0.25, -0.2) is 0 Å². The molecule has 10 heavy (non-hydrogen) atoms. The molecule has 0 aromatic rings. The number of allylic oxidation sites excluding steroid dienone is 1. The van der Waals surface area contributed by atoms with Crippen LogP contribution >= 0.6 is 0 Å². The Hall–Kier alpha value is -0.613. The lowest BCUT2D eigenvalue weighted by molar-refractivity contribution is -0.104. The molecule has 0 aliphatic carbocycles. The number of hydrogen-bond donors (Lipinski definition) is 1. The van der Waals surface area contributed by atoms with Crippen LogP contribution in [0.15, 0.2) is 12.3 Å². The Bertz CT molecular complexity index is 128. The van der Waals surface area contributed by atoms with Crippen LogP contribution in [-0.4, -0.2) is 14.6 Å². The van der Waals surface area contributed by atoms with Gasteiger partial charge in [0.1, 0.15) is 6.29 Å². The first-order valence-corrected chi connectivity index (χ1v) is 6.51. The second-order valence-electron chi connectivity index (χ2n) is 2.83. The molecule has 0 amide bonds. The topological polar surface area (TPSA) is 38.3 Å². The highest BCUT2D eigenvalue weighted by atomic mass is 28.4. The maximum atomic E-state index is 9.76. The molecule has 0 aromatic heterocycles. The van der Waals surface area contributed by atoms with Crippen molar-refractivity contribution in [2.45, 2.75) is 19.6 Å². The summed E-state index contributed by atoms with van der Waals surface area (Å²) in [5.74, 6) is 0. The third kappa shape index (κ3) is 7.39. The van der Waals surface area contributed by atoms with Crippen molar-refractivity contribution in [2.75, 3.05) is 0 Å². The molecule has 4 heteroatoms. The molecule has 58 valence electrons. The van der Waals surface area contributed by atoms with Crippen molar-refractivity contribution in [2.24, 2.45) is 0 Å². The maximum Gasteiger partial charge on any atom is 0.220 e. The average Bonchev–Trinajstić information content (AvgIpc) is 1.78. The van der Waals surface area contributed by atoms with Gasteiger partial charge in [0, 0.05) is 6.20 Å². The van der Waals surface area contributed by atoms with Crippen LogP contribution in [0, 0.1) is 0 Å². The molecule has 0 bridgehead atoms. The molecular formula is C6H13NO2Si. The largest absolute Gasteiger partial charge is 0.323 e. The lowest BCUT2D eigenvalue weighted by Crippen LogP contribution is -2.30. The van der Waals surface area contributed by atoms with Gasteiger partial charge in [0.15, 0.2) is 0 Å². The van der Waals surface area contributed by atoms with Crippen molar-refractivity contribution in [1.82, 2.24) is 5.48 Å². The Balaban J connectivity index is 3.37. The summed E-state index contributed by atoms with van der Waals surface area (Å²) in [7, 11) is -1.49. The molecule has 0 aliphatic heterocycles. The second kappa shape index (κ2) is 4.24. The summed E-state index contributed by atoms with van der Waals surface area (Å²) < 4.78 is 5.17. The molecule has 0 aromatic carbocycles. The van der Waals surface area contributed by atoms with E-state index in [1.807, 2.05) is 0 Å². The van der Waals surface area contributed by atoms with E-state index in [2.05, 4.69) is 25.1 Å².